The molecule has 7 nitrogen and oxygen atoms in total. The summed E-state index contributed by atoms with van der Waals surface area (Å²) in [4.78, 5) is 23.8. The molecule has 1 heterocycles. The molecule has 1 atom stereocenters. The molecule has 2 N–H and O–H groups in total. The smallest absolute Gasteiger partial charge is 0.387 e. The molecule has 1 amide bonds. The molecular formula is C17H15F2N3O4. The SMILES string of the molecule is NC(=O)[C@@H]1Cc2ccccc2CN1c1ccc([N+](=O)[O-])c(OC(F)F)c1. The second-order valence-corrected chi connectivity index (χ2v) is 5.81. The van der Waals surface area contributed by atoms with Gasteiger partial charge in [0.15, 0.2) is 0 Å². The van der Waals surface area contributed by atoms with Gasteiger partial charge in [0.25, 0.3) is 0 Å². The first-order valence-corrected chi connectivity index (χ1v) is 7.73. The molecule has 0 fully saturated rings. The number of rotatable bonds is 5. The summed E-state index contributed by atoms with van der Waals surface area (Å²) >= 11 is 0. The predicted molar refractivity (Wildman–Crippen MR) is 89.0 cm³/mol. The van der Waals surface area contributed by atoms with E-state index >= 15 is 0 Å². The fourth-order valence-corrected chi connectivity index (χ4v) is 3.07. The summed E-state index contributed by atoms with van der Waals surface area (Å²) in [6.45, 7) is -2.90. The van der Waals surface area contributed by atoms with E-state index in [-0.39, 0.29) is 0 Å². The second-order valence-electron chi connectivity index (χ2n) is 5.81. The monoisotopic (exact) mass is 363 g/mol. The molecule has 26 heavy (non-hydrogen) atoms. The van der Waals surface area contributed by atoms with E-state index in [1.165, 1.54) is 6.07 Å². The van der Waals surface area contributed by atoms with Gasteiger partial charge < -0.3 is 15.4 Å². The van der Waals surface area contributed by atoms with Crippen LogP contribution in [-0.2, 0) is 17.8 Å². The highest BCUT2D eigenvalue weighted by Crippen LogP contribution is 2.36. The number of nitrogens with zero attached hydrogens (tertiary/aromatic N) is 2. The van der Waals surface area contributed by atoms with Gasteiger partial charge in [-0.05, 0) is 17.2 Å². The molecule has 1 aliphatic rings. The minimum Gasteiger partial charge on any atom is -0.427 e. The number of anilines is 1. The van der Waals surface area contributed by atoms with Crippen molar-refractivity contribution in [2.24, 2.45) is 5.73 Å². The lowest BCUT2D eigenvalue weighted by molar-refractivity contribution is -0.386. The number of primary amides is 1. The van der Waals surface area contributed by atoms with Gasteiger partial charge in [-0.2, -0.15) is 8.78 Å². The Labute approximate surface area is 147 Å². The van der Waals surface area contributed by atoms with Crippen molar-refractivity contribution in [1.82, 2.24) is 0 Å². The molecule has 0 spiro atoms. The molecule has 136 valence electrons. The van der Waals surface area contributed by atoms with Gasteiger partial charge in [0.2, 0.25) is 11.7 Å². The fraction of sp³-hybridized carbons (Fsp3) is 0.235. The molecule has 0 saturated carbocycles. The van der Waals surface area contributed by atoms with Gasteiger partial charge in [-0.25, -0.2) is 0 Å². The van der Waals surface area contributed by atoms with Crippen LogP contribution in [0.25, 0.3) is 0 Å². The van der Waals surface area contributed by atoms with Gasteiger partial charge in [-0.1, -0.05) is 24.3 Å². The lowest BCUT2D eigenvalue weighted by Gasteiger charge is -2.37. The zero-order valence-corrected chi connectivity index (χ0v) is 13.5. The maximum atomic E-state index is 12.6. The van der Waals surface area contributed by atoms with Gasteiger partial charge in [-0.3, -0.25) is 14.9 Å². The molecule has 0 saturated heterocycles. The van der Waals surface area contributed by atoms with Crippen LogP contribution in [0.5, 0.6) is 5.75 Å². The number of fused-ring (bicyclic) bond motifs is 1. The molecule has 2 aromatic carbocycles. The number of nitro benzene ring substituents is 1. The van der Waals surface area contributed by atoms with Crippen molar-refractivity contribution in [2.45, 2.75) is 25.6 Å². The fourth-order valence-electron chi connectivity index (χ4n) is 3.07. The van der Waals surface area contributed by atoms with Crippen molar-refractivity contribution in [2.75, 3.05) is 4.90 Å². The molecule has 0 aromatic heterocycles. The number of benzene rings is 2. The molecule has 2 aromatic rings. The van der Waals surface area contributed by atoms with Crippen molar-refractivity contribution < 1.29 is 23.2 Å². The van der Waals surface area contributed by atoms with E-state index in [4.69, 9.17) is 5.73 Å². The number of carbonyl (C=O) groups excluding carboxylic acids is 1. The van der Waals surface area contributed by atoms with Crippen LogP contribution in [-0.4, -0.2) is 23.5 Å². The van der Waals surface area contributed by atoms with Gasteiger partial charge in [0, 0.05) is 30.8 Å². The third-order valence-electron chi connectivity index (χ3n) is 4.26. The predicted octanol–water partition coefficient (Wildman–Crippen LogP) is 2.61. The average molecular weight is 363 g/mol. The molecule has 0 bridgehead atoms. The third-order valence-corrected chi connectivity index (χ3v) is 4.26. The first-order valence-electron chi connectivity index (χ1n) is 7.73. The normalized spacial score (nSPS) is 16.3. The van der Waals surface area contributed by atoms with Crippen LogP contribution >= 0.6 is 0 Å². The van der Waals surface area contributed by atoms with Crippen LogP contribution in [0.3, 0.4) is 0 Å². The first kappa shape index (κ1) is 17.6. The Morgan fingerprint density at radius 1 is 1.27 bits per heavy atom. The molecule has 0 radical (unpaired) electrons. The number of hydrogen-bond acceptors (Lipinski definition) is 5. The van der Waals surface area contributed by atoms with Crippen molar-refractivity contribution in [3.63, 3.8) is 0 Å². The van der Waals surface area contributed by atoms with Crippen molar-refractivity contribution in [3.8, 4) is 5.75 Å². The summed E-state index contributed by atoms with van der Waals surface area (Å²) in [5.74, 6) is -1.14. The highest BCUT2D eigenvalue weighted by Gasteiger charge is 2.31. The average Bonchev–Trinajstić information content (AvgIpc) is 2.59. The van der Waals surface area contributed by atoms with E-state index in [2.05, 4.69) is 4.74 Å². The second kappa shape index (κ2) is 6.95. The summed E-state index contributed by atoms with van der Waals surface area (Å²) in [5.41, 5.74) is 7.19. The number of hydrogen-bond donors (Lipinski definition) is 1. The van der Waals surface area contributed by atoms with Gasteiger partial charge in [-0.15, -0.1) is 0 Å². The van der Waals surface area contributed by atoms with Crippen LogP contribution in [0.2, 0.25) is 0 Å². The lowest BCUT2D eigenvalue weighted by atomic mass is 9.93. The molecule has 3 rings (SSSR count). The molecule has 0 aliphatic carbocycles. The standard InChI is InChI=1S/C17H15F2N3O4/c18-17(19)26-15-8-12(5-6-13(15)22(24)25)21-9-11-4-2-1-3-10(11)7-14(21)16(20)23/h1-6,8,14,17H,7,9H2,(H2,20,23)/t14-/m0/s1. The van der Waals surface area contributed by atoms with E-state index in [0.29, 0.717) is 18.7 Å². The quantitative estimate of drug-likeness (QED) is 0.650. The van der Waals surface area contributed by atoms with E-state index in [9.17, 15) is 23.7 Å². The number of amides is 1. The van der Waals surface area contributed by atoms with E-state index in [1.54, 1.807) is 4.90 Å². The van der Waals surface area contributed by atoms with Crippen LogP contribution in [0.15, 0.2) is 42.5 Å². The molecule has 1 aliphatic heterocycles. The summed E-state index contributed by atoms with van der Waals surface area (Å²) < 4.78 is 29.5. The van der Waals surface area contributed by atoms with Gasteiger partial charge in [0.1, 0.15) is 6.04 Å². The van der Waals surface area contributed by atoms with Crippen LogP contribution in [0, 0.1) is 10.1 Å². The largest absolute Gasteiger partial charge is 0.427 e. The molecule has 0 unspecified atom stereocenters. The number of nitro groups is 1. The maximum Gasteiger partial charge on any atom is 0.387 e. The Bertz CT molecular complexity index is 860. The van der Waals surface area contributed by atoms with Crippen LogP contribution in [0.1, 0.15) is 11.1 Å². The number of alkyl halides is 2. The van der Waals surface area contributed by atoms with E-state index in [0.717, 1.165) is 23.3 Å². The Hall–Kier alpha value is -3.23. The minimum atomic E-state index is -3.21. The van der Waals surface area contributed by atoms with Crippen molar-refractivity contribution in [1.29, 1.82) is 0 Å². The lowest BCUT2D eigenvalue weighted by Crippen LogP contribution is -2.48. The van der Waals surface area contributed by atoms with Crippen LogP contribution < -0.4 is 15.4 Å². The zero-order valence-electron chi connectivity index (χ0n) is 13.5. The van der Waals surface area contributed by atoms with E-state index < -0.39 is 34.9 Å². The highest BCUT2D eigenvalue weighted by molar-refractivity contribution is 5.85. The molecule has 9 heteroatoms. The number of nitrogens with two attached hydrogens (primary N) is 1. The Morgan fingerprint density at radius 3 is 2.58 bits per heavy atom. The summed E-state index contributed by atoms with van der Waals surface area (Å²) in [6, 6.07) is 10.4. The number of halogens is 2. The Morgan fingerprint density at radius 2 is 1.96 bits per heavy atom. The maximum absolute atomic E-state index is 12.6. The van der Waals surface area contributed by atoms with E-state index in [1.807, 2.05) is 24.3 Å². The third kappa shape index (κ3) is 3.41. The van der Waals surface area contributed by atoms with Crippen molar-refractivity contribution >= 4 is 17.3 Å². The zero-order chi connectivity index (χ0) is 18.8. The van der Waals surface area contributed by atoms with Gasteiger partial charge in [0.05, 0.1) is 4.92 Å². The Balaban J connectivity index is 2.03. The van der Waals surface area contributed by atoms with Gasteiger partial charge >= 0.3 is 12.3 Å². The summed E-state index contributed by atoms with van der Waals surface area (Å²) in [6.07, 6.45) is 0.355. The van der Waals surface area contributed by atoms with Crippen LogP contribution in [0.4, 0.5) is 20.2 Å². The Kier molecular flexibility index (Phi) is 4.70. The first-order chi connectivity index (χ1) is 12.4. The minimum absolute atomic E-state index is 0.315. The number of ether oxygens (including phenoxy) is 1. The molecular weight excluding hydrogens is 348 g/mol. The van der Waals surface area contributed by atoms with Crippen molar-refractivity contribution in [3.05, 3.63) is 63.7 Å². The topological polar surface area (TPSA) is 98.7 Å². The summed E-state index contributed by atoms with van der Waals surface area (Å²) in [5, 5.41) is 11.0. The summed E-state index contributed by atoms with van der Waals surface area (Å²) in [7, 11) is 0. The highest BCUT2D eigenvalue weighted by atomic mass is 19.3. The number of carbonyl (C=O) groups is 1.